The van der Waals surface area contributed by atoms with Gasteiger partial charge in [0.2, 0.25) is 0 Å². The van der Waals surface area contributed by atoms with Crippen molar-refractivity contribution in [3.63, 3.8) is 0 Å². The highest BCUT2D eigenvalue weighted by molar-refractivity contribution is 5.77. The molecule has 1 aromatic carbocycles. The van der Waals surface area contributed by atoms with Crippen molar-refractivity contribution in [3.8, 4) is 5.75 Å². The van der Waals surface area contributed by atoms with Crippen LogP contribution in [-0.4, -0.2) is 42.1 Å². The summed E-state index contributed by atoms with van der Waals surface area (Å²) in [7, 11) is 0. The SMILES string of the molecule is C=C(C)C1CC=C(C)C(COc2ccc3ccc(=O)oc3c2)C1(C)CCC(=O)OCC(O)CO. The highest BCUT2D eigenvalue weighted by Crippen LogP contribution is 2.51. The summed E-state index contributed by atoms with van der Waals surface area (Å²) in [5.41, 5.74) is 1.99. The van der Waals surface area contributed by atoms with Gasteiger partial charge in [0.15, 0.2) is 0 Å². The minimum Gasteiger partial charge on any atom is -0.493 e. The molecule has 0 fully saturated rings. The maximum absolute atomic E-state index is 12.3. The van der Waals surface area contributed by atoms with Crippen LogP contribution in [0.5, 0.6) is 5.75 Å². The van der Waals surface area contributed by atoms with E-state index in [1.165, 1.54) is 11.6 Å². The van der Waals surface area contributed by atoms with E-state index in [2.05, 4.69) is 26.5 Å². The molecule has 184 valence electrons. The van der Waals surface area contributed by atoms with E-state index in [-0.39, 0.29) is 30.3 Å². The molecule has 0 saturated carbocycles. The molecule has 1 aliphatic carbocycles. The van der Waals surface area contributed by atoms with Gasteiger partial charge in [-0.15, -0.1) is 0 Å². The summed E-state index contributed by atoms with van der Waals surface area (Å²) in [6.07, 6.45) is 2.72. The molecule has 1 aliphatic rings. The standard InChI is InChI=1S/C27H34O7/c1-17(2)22-9-5-18(3)23(27(22,4)12-11-25(30)33-15-20(29)14-28)16-32-21-8-6-19-7-10-26(31)34-24(19)13-21/h5-8,10,13,20,22-23,28-29H,1,9,11-12,14-16H2,2-4H3. The molecule has 0 amide bonds. The zero-order valence-electron chi connectivity index (χ0n) is 20.1. The number of aliphatic hydroxyl groups is 2. The van der Waals surface area contributed by atoms with E-state index in [0.717, 1.165) is 17.4 Å². The molecule has 2 N–H and O–H groups in total. The average Bonchev–Trinajstić information content (AvgIpc) is 2.80. The lowest BCUT2D eigenvalue weighted by Crippen LogP contribution is -2.42. The van der Waals surface area contributed by atoms with Crippen molar-refractivity contribution in [2.45, 2.75) is 46.1 Å². The summed E-state index contributed by atoms with van der Waals surface area (Å²) < 4.78 is 16.6. The monoisotopic (exact) mass is 470 g/mol. The van der Waals surface area contributed by atoms with Crippen LogP contribution in [0, 0.1) is 17.3 Å². The number of rotatable bonds is 10. The third-order valence-corrected chi connectivity index (χ3v) is 6.94. The van der Waals surface area contributed by atoms with Gasteiger partial charge in [-0.3, -0.25) is 4.79 Å². The average molecular weight is 471 g/mol. The second-order valence-electron chi connectivity index (χ2n) is 9.43. The molecule has 3 rings (SSSR count). The normalized spacial score (nSPS) is 23.3. The van der Waals surface area contributed by atoms with Gasteiger partial charge in [-0.05, 0) is 56.2 Å². The van der Waals surface area contributed by atoms with Crippen LogP contribution in [0.3, 0.4) is 0 Å². The Labute approximate surface area is 199 Å². The Balaban J connectivity index is 1.77. The van der Waals surface area contributed by atoms with Crippen LogP contribution >= 0.6 is 0 Å². The molecule has 0 bridgehead atoms. The summed E-state index contributed by atoms with van der Waals surface area (Å²) >= 11 is 0. The molecule has 2 aromatic rings. The Morgan fingerprint density at radius 1 is 1.32 bits per heavy atom. The number of aliphatic hydroxyl groups excluding tert-OH is 2. The van der Waals surface area contributed by atoms with Gasteiger partial charge in [0, 0.05) is 29.9 Å². The van der Waals surface area contributed by atoms with Gasteiger partial charge in [0.05, 0.1) is 13.2 Å². The van der Waals surface area contributed by atoms with Crippen LogP contribution in [0.2, 0.25) is 0 Å². The maximum atomic E-state index is 12.3. The van der Waals surface area contributed by atoms with Gasteiger partial charge < -0.3 is 24.1 Å². The smallest absolute Gasteiger partial charge is 0.336 e. The fraction of sp³-hybridized carbons (Fsp3) is 0.481. The van der Waals surface area contributed by atoms with Crippen molar-refractivity contribution in [2.75, 3.05) is 19.8 Å². The molecular formula is C27H34O7. The summed E-state index contributed by atoms with van der Waals surface area (Å²) in [5.74, 6) is 0.380. The lowest BCUT2D eigenvalue weighted by molar-refractivity contribution is -0.148. The third-order valence-electron chi connectivity index (χ3n) is 6.94. The molecule has 4 unspecified atom stereocenters. The van der Waals surface area contributed by atoms with E-state index in [1.807, 2.05) is 19.1 Å². The molecule has 1 aromatic heterocycles. The molecule has 0 radical (unpaired) electrons. The molecule has 0 aliphatic heterocycles. The largest absolute Gasteiger partial charge is 0.493 e. The first-order valence-corrected chi connectivity index (χ1v) is 11.6. The molecule has 7 heteroatoms. The number of allylic oxidation sites excluding steroid dienone is 2. The molecule has 34 heavy (non-hydrogen) atoms. The van der Waals surface area contributed by atoms with Crippen molar-refractivity contribution in [3.05, 3.63) is 64.6 Å². The van der Waals surface area contributed by atoms with Gasteiger partial charge in [-0.2, -0.15) is 0 Å². The molecule has 1 heterocycles. The zero-order chi connectivity index (χ0) is 24.9. The van der Waals surface area contributed by atoms with E-state index in [1.54, 1.807) is 12.1 Å². The van der Waals surface area contributed by atoms with Crippen LogP contribution in [0.25, 0.3) is 11.0 Å². The van der Waals surface area contributed by atoms with Crippen LogP contribution in [0.4, 0.5) is 0 Å². The second-order valence-corrected chi connectivity index (χ2v) is 9.43. The van der Waals surface area contributed by atoms with Crippen molar-refractivity contribution in [1.82, 2.24) is 0 Å². The number of hydrogen-bond donors (Lipinski definition) is 2. The summed E-state index contributed by atoms with van der Waals surface area (Å²) in [6, 6.07) is 8.52. The van der Waals surface area contributed by atoms with Gasteiger partial charge >= 0.3 is 11.6 Å². The van der Waals surface area contributed by atoms with Crippen molar-refractivity contribution < 1.29 is 28.9 Å². The first-order valence-electron chi connectivity index (χ1n) is 11.6. The Kier molecular flexibility index (Phi) is 8.33. The van der Waals surface area contributed by atoms with E-state index in [4.69, 9.17) is 19.0 Å². The molecular weight excluding hydrogens is 436 g/mol. The fourth-order valence-electron chi connectivity index (χ4n) is 4.91. The molecule has 0 spiro atoms. The summed E-state index contributed by atoms with van der Waals surface area (Å²) in [6.45, 7) is 10.2. The quantitative estimate of drug-likeness (QED) is 0.307. The molecule has 7 nitrogen and oxygen atoms in total. The minimum absolute atomic E-state index is 0.0252. The maximum Gasteiger partial charge on any atom is 0.336 e. The van der Waals surface area contributed by atoms with Gasteiger partial charge in [0.1, 0.15) is 24.0 Å². The Morgan fingerprint density at radius 2 is 2.06 bits per heavy atom. The summed E-state index contributed by atoms with van der Waals surface area (Å²) in [4.78, 5) is 23.9. The zero-order valence-corrected chi connectivity index (χ0v) is 20.1. The van der Waals surface area contributed by atoms with Crippen LogP contribution in [0.15, 0.2) is 63.3 Å². The Bertz CT molecular complexity index is 1120. The van der Waals surface area contributed by atoms with Crippen LogP contribution in [0.1, 0.15) is 40.0 Å². The number of hydrogen-bond acceptors (Lipinski definition) is 7. The van der Waals surface area contributed by atoms with Gasteiger partial charge in [-0.1, -0.05) is 30.7 Å². The van der Waals surface area contributed by atoms with E-state index in [9.17, 15) is 14.7 Å². The number of benzene rings is 1. The summed E-state index contributed by atoms with van der Waals surface area (Å²) in [5, 5.41) is 19.2. The topological polar surface area (TPSA) is 106 Å². The third kappa shape index (κ3) is 5.96. The van der Waals surface area contributed by atoms with Crippen LogP contribution < -0.4 is 10.4 Å². The highest BCUT2D eigenvalue weighted by Gasteiger charge is 2.44. The van der Waals surface area contributed by atoms with E-state index >= 15 is 0 Å². The van der Waals surface area contributed by atoms with Gasteiger partial charge in [0.25, 0.3) is 0 Å². The Hall–Kier alpha value is -2.90. The van der Waals surface area contributed by atoms with Gasteiger partial charge in [-0.25, -0.2) is 4.79 Å². The molecule has 4 atom stereocenters. The van der Waals surface area contributed by atoms with Crippen LogP contribution in [-0.2, 0) is 9.53 Å². The lowest BCUT2D eigenvalue weighted by Gasteiger charge is -2.47. The fourth-order valence-corrected chi connectivity index (χ4v) is 4.91. The molecule has 0 saturated heterocycles. The van der Waals surface area contributed by atoms with E-state index < -0.39 is 24.3 Å². The first-order chi connectivity index (χ1) is 16.1. The predicted molar refractivity (Wildman–Crippen MR) is 130 cm³/mol. The number of esters is 1. The number of carbonyl (C=O) groups is 1. The van der Waals surface area contributed by atoms with Crippen molar-refractivity contribution in [1.29, 1.82) is 0 Å². The first kappa shape index (κ1) is 25.7. The Morgan fingerprint density at radius 3 is 2.76 bits per heavy atom. The van der Waals surface area contributed by atoms with Crippen molar-refractivity contribution >= 4 is 16.9 Å². The second kappa shape index (κ2) is 11.0. The van der Waals surface area contributed by atoms with E-state index in [0.29, 0.717) is 24.4 Å². The lowest BCUT2D eigenvalue weighted by atomic mass is 9.58. The minimum atomic E-state index is -1.07. The highest BCUT2D eigenvalue weighted by atomic mass is 16.5. The number of carbonyl (C=O) groups excluding carboxylic acids is 1. The number of fused-ring (bicyclic) bond motifs is 1. The number of ether oxygens (including phenoxy) is 2. The van der Waals surface area contributed by atoms with Crippen molar-refractivity contribution in [2.24, 2.45) is 17.3 Å². The predicted octanol–water partition coefficient (Wildman–Crippen LogP) is 4.01.